The molecule has 0 unspecified atom stereocenters. The van der Waals surface area contributed by atoms with Crippen LogP contribution in [0.4, 0.5) is 0 Å². The van der Waals surface area contributed by atoms with E-state index in [1.54, 1.807) is 32.4 Å². The van der Waals surface area contributed by atoms with Gasteiger partial charge in [-0.05, 0) is 27.2 Å². The summed E-state index contributed by atoms with van der Waals surface area (Å²) in [6.45, 7) is 5.16. The van der Waals surface area contributed by atoms with E-state index in [4.69, 9.17) is 4.74 Å². The number of aliphatic hydroxyl groups is 1. The maximum atomic E-state index is 12.9. The number of piperidine rings is 1. The molecule has 3 rings (SSSR count). The largest absolute Gasteiger partial charge is 0.473 e. The summed E-state index contributed by atoms with van der Waals surface area (Å²) in [5.41, 5.74) is 0.989. The second-order valence-corrected chi connectivity index (χ2v) is 8.86. The molecule has 1 saturated heterocycles. The highest BCUT2D eigenvalue weighted by Crippen LogP contribution is 2.29. The van der Waals surface area contributed by atoms with E-state index in [2.05, 4.69) is 20.2 Å². The lowest BCUT2D eigenvalue weighted by Crippen LogP contribution is -2.54. The molecule has 0 aliphatic carbocycles. The molecule has 1 aliphatic rings. The number of aryl methyl sites for hydroxylation is 2. The van der Waals surface area contributed by atoms with Crippen LogP contribution in [0.2, 0.25) is 0 Å². The van der Waals surface area contributed by atoms with Gasteiger partial charge in [-0.1, -0.05) is 0 Å². The highest BCUT2D eigenvalue weighted by molar-refractivity contribution is 7.91. The lowest BCUT2D eigenvalue weighted by Gasteiger charge is -2.42. The van der Waals surface area contributed by atoms with Crippen LogP contribution in [-0.2, 0) is 9.84 Å². The summed E-state index contributed by atoms with van der Waals surface area (Å²) < 4.78 is 31.8. The van der Waals surface area contributed by atoms with Crippen LogP contribution in [0.5, 0.6) is 5.88 Å². The first-order valence-corrected chi connectivity index (χ1v) is 10.5. The summed E-state index contributed by atoms with van der Waals surface area (Å²) in [4.78, 5) is 10.2. The van der Waals surface area contributed by atoms with Gasteiger partial charge in [-0.25, -0.2) is 13.4 Å². The van der Waals surface area contributed by atoms with E-state index in [0.29, 0.717) is 30.1 Å². The van der Waals surface area contributed by atoms with Gasteiger partial charge in [0.15, 0.2) is 9.84 Å². The maximum Gasteiger partial charge on any atom is 0.232 e. The number of aliphatic hydroxyl groups excluding tert-OH is 1. The van der Waals surface area contributed by atoms with E-state index < -0.39 is 9.84 Å². The topological polar surface area (TPSA) is 121 Å². The average Bonchev–Trinajstić information content (AvgIpc) is 2.97. The van der Waals surface area contributed by atoms with Crippen molar-refractivity contribution in [3.8, 4) is 5.88 Å². The lowest BCUT2D eigenvalue weighted by atomic mass is 9.95. The first-order valence-electron chi connectivity index (χ1n) is 8.85. The fourth-order valence-electron chi connectivity index (χ4n) is 3.70. The molecule has 0 spiro atoms. The van der Waals surface area contributed by atoms with Crippen LogP contribution < -0.4 is 4.74 Å². The molecule has 1 aliphatic heterocycles. The normalized spacial score (nSPS) is 24.1. The van der Waals surface area contributed by atoms with E-state index in [-0.39, 0.29) is 35.6 Å². The molecule has 3 heterocycles. The van der Waals surface area contributed by atoms with Crippen LogP contribution in [-0.4, -0.2) is 69.3 Å². The third kappa shape index (κ3) is 4.28. The van der Waals surface area contributed by atoms with Gasteiger partial charge in [0.1, 0.15) is 16.9 Å². The van der Waals surface area contributed by atoms with E-state index in [9.17, 15) is 13.5 Å². The quantitative estimate of drug-likeness (QED) is 0.738. The van der Waals surface area contributed by atoms with Crippen molar-refractivity contribution in [2.24, 2.45) is 0 Å². The zero-order valence-corrected chi connectivity index (χ0v) is 16.5. The Balaban J connectivity index is 1.75. The van der Waals surface area contributed by atoms with E-state index >= 15 is 0 Å². The molecule has 0 amide bonds. The number of aromatic amines is 1. The highest BCUT2D eigenvalue weighted by atomic mass is 32.2. The van der Waals surface area contributed by atoms with Crippen LogP contribution in [0.25, 0.3) is 0 Å². The maximum absolute atomic E-state index is 12.9. The molecular formula is C17H25N5O4S. The second-order valence-electron chi connectivity index (χ2n) is 6.96. The van der Waals surface area contributed by atoms with Crippen molar-refractivity contribution < 1.29 is 18.3 Å². The number of hydrogen-bond donors (Lipinski definition) is 2. The van der Waals surface area contributed by atoms with Gasteiger partial charge in [0.2, 0.25) is 5.88 Å². The standard InChI is InChI=1S/C17H25N5O4S/c1-11-6-15(26-16-8-18-4-5-19-16)7-14(9-23)22(11)10-27(24,25)17-12(2)20-21-13(17)3/h4-5,8,11,14-15,23H,6-7,9-10H2,1-3H3,(H,20,21)/t11-,14-,15+/m1/s1. The monoisotopic (exact) mass is 395 g/mol. The molecule has 2 N–H and O–H groups in total. The summed E-state index contributed by atoms with van der Waals surface area (Å²) in [6, 6.07) is -0.405. The lowest BCUT2D eigenvalue weighted by molar-refractivity contribution is 0.00484. The molecule has 148 valence electrons. The number of H-pyrrole nitrogens is 1. The number of sulfone groups is 1. The molecule has 0 saturated carbocycles. The van der Waals surface area contributed by atoms with Gasteiger partial charge in [-0.15, -0.1) is 0 Å². The molecule has 1 fully saturated rings. The summed E-state index contributed by atoms with van der Waals surface area (Å²) in [6.07, 6.45) is 5.64. The number of nitrogens with one attached hydrogen (secondary N) is 1. The minimum absolute atomic E-state index is 0.0835. The Bertz CT molecular complexity index is 851. The number of nitrogens with zero attached hydrogens (tertiary/aromatic N) is 4. The SMILES string of the molecule is Cc1n[nH]c(C)c1S(=O)(=O)CN1[C@@H](CO)C[C@@H](Oc2cnccn2)C[C@H]1C. The van der Waals surface area contributed by atoms with Gasteiger partial charge in [-0.3, -0.25) is 15.0 Å². The number of aromatic nitrogens is 4. The Kier molecular flexibility index (Phi) is 5.78. The second kappa shape index (κ2) is 7.91. The number of likely N-dealkylation sites (tertiary alicyclic amines) is 1. The fourth-order valence-corrected chi connectivity index (χ4v) is 5.69. The van der Waals surface area contributed by atoms with Crippen molar-refractivity contribution in [3.63, 3.8) is 0 Å². The van der Waals surface area contributed by atoms with Crippen molar-refractivity contribution in [1.82, 2.24) is 25.1 Å². The third-order valence-corrected chi connectivity index (χ3v) is 6.76. The van der Waals surface area contributed by atoms with Gasteiger partial charge >= 0.3 is 0 Å². The van der Waals surface area contributed by atoms with Crippen LogP contribution in [0, 0.1) is 13.8 Å². The molecule has 27 heavy (non-hydrogen) atoms. The summed E-state index contributed by atoms with van der Waals surface area (Å²) in [5, 5.41) is 16.6. The molecule has 10 heteroatoms. The first kappa shape index (κ1) is 19.7. The Morgan fingerprint density at radius 1 is 1.33 bits per heavy atom. The van der Waals surface area contributed by atoms with Crippen LogP contribution in [0.3, 0.4) is 0 Å². The summed E-state index contributed by atoms with van der Waals surface area (Å²) >= 11 is 0. The highest BCUT2D eigenvalue weighted by Gasteiger charge is 2.38. The van der Waals surface area contributed by atoms with Gasteiger partial charge in [0.25, 0.3) is 0 Å². The van der Waals surface area contributed by atoms with Crippen molar-refractivity contribution in [3.05, 3.63) is 30.0 Å². The molecule has 9 nitrogen and oxygen atoms in total. The zero-order chi connectivity index (χ0) is 19.6. The summed E-state index contributed by atoms with van der Waals surface area (Å²) in [7, 11) is -3.57. The van der Waals surface area contributed by atoms with E-state index in [1.165, 1.54) is 0 Å². The van der Waals surface area contributed by atoms with Crippen molar-refractivity contribution in [2.45, 2.75) is 56.7 Å². The number of hydrogen-bond acceptors (Lipinski definition) is 8. The molecule has 0 radical (unpaired) electrons. The smallest absolute Gasteiger partial charge is 0.232 e. The predicted octanol–water partition coefficient (Wildman–Crippen LogP) is 0.841. The number of ether oxygens (including phenoxy) is 1. The van der Waals surface area contributed by atoms with Crippen molar-refractivity contribution in [1.29, 1.82) is 0 Å². The Hall–Kier alpha value is -2.04. The Labute approximate surface area is 158 Å². The van der Waals surface area contributed by atoms with Gasteiger partial charge < -0.3 is 9.84 Å². The van der Waals surface area contributed by atoms with Crippen LogP contribution >= 0.6 is 0 Å². The average molecular weight is 395 g/mol. The van der Waals surface area contributed by atoms with E-state index in [0.717, 1.165) is 0 Å². The molecule has 0 bridgehead atoms. The van der Waals surface area contributed by atoms with Crippen molar-refractivity contribution >= 4 is 9.84 Å². The van der Waals surface area contributed by atoms with Crippen LogP contribution in [0.1, 0.15) is 31.2 Å². The summed E-state index contributed by atoms with van der Waals surface area (Å²) in [5.74, 6) is 0.260. The molecular weight excluding hydrogens is 370 g/mol. The Morgan fingerprint density at radius 2 is 2.11 bits per heavy atom. The fraction of sp³-hybridized carbons (Fsp3) is 0.588. The Morgan fingerprint density at radius 3 is 2.70 bits per heavy atom. The zero-order valence-electron chi connectivity index (χ0n) is 15.7. The molecule has 0 aromatic carbocycles. The van der Waals surface area contributed by atoms with Crippen molar-refractivity contribution in [2.75, 3.05) is 12.5 Å². The van der Waals surface area contributed by atoms with Crippen LogP contribution in [0.15, 0.2) is 23.5 Å². The predicted molar refractivity (Wildman–Crippen MR) is 98.0 cm³/mol. The van der Waals surface area contributed by atoms with Gasteiger partial charge in [-0.2, -0.15) is 5.10 Å². The molecule has 2 aromatic heterocycles. The van der Waals surface area contributed by atoms with Gasteiger partial charge in [0, 0.05) is 30.9 Å². The first-order chi connectivity index (χ1) is 12.8. The molecule has 3 atom stereocenters. The minimum Gasteiger partial charge on any atom is -0.473 e. The third-order valence-electron chi connectivity index (χ3n) is 4.90. The van der Waals surface area contributed by atoms with Gasteiger partial charge in [0.05, 0.1) is 24.2 Å². The molecule has 2 aromatic rings. The van der Waals surface area contributed by atoms with E-state index in [1.807, 2.05) is 11.8 Å². The minimum atomic E-state index is -3.57. The number of rotatable bonds is 6.